The molecule has 0 aliphatic carbocycles. The average Bonchev–Trinajstić information content (AvgIpc) is 2.33. The summed E-state index contributed by atoms with van der Waals surface area (Å²) >= 11 is 0. The quantitative estimate of drug-likeness (QED) is 0.514. The van der Waals surface area contributed by atoms with E-state index in [9.17, 15) is 9.59 Å². The highest BCUT2D eigenvalue weighted by molar-refractivity contribution is 5.46. The Labute approximate surface area is 112 Å². The molecule has 0 radical (unpaired) electrons. The van der Waals surface area contributed by atoms with Crippen LogP contribution in [0.4, 0.5) is 0 Å². The summed E-state index contributed by atoms with van der Waals surface area (Å²) in [6.45, 7) is 3.82. The highest BCUT2D eigenvalue weighted by Crippen LogP contribution is 2.07. The van der Waals surface area contributed by atoms with Crippen molar-refractivity contribution in [3.8, 4) is 0 Å². The maximum Gasteiger partial charge on any atom is 0.253 e. The van der Waals surface area contributed by atoms with Crippen LogP contribution in [-0.2, 0) is 22.7 Å². The summed E-state index contributed by atoms with van der Waals surface area (Å²) in [5, 5.41) is 2.51. The van der Waals surface area contributed by atoms with Crippen LogP contribution in [0.15, 0.2) is 10.9 Å². The van der Waals surface area contributed by atoms with E-state index in [0.717, 1.165) is 17.8 Å². The van der Waals surface area contributed by atoms with Crippen molar-refractivity contribution in [1.29, 1.82) is 0 Å². The minimum absolute atomic E-state index is 0.180. The second kappa shape index (κ2) is 7.70. The molecule has 0 spiro atoms. The van der Waals surface area contributed by atoms with E-state index in [-0.39, 0.29) is 12.1 Å². The molecule has 0 bridgehead atoms. The molecule has 0 aliphatic rings. The lowest BCUT2D eigenvalue weighted by molar-refractivity contribution is -0.109. The lowest BCUT2D eigenvalue weighted by Crippen LogP contribution is -2.24. The molecule has 0 aromatic carbocycles. The van der Waals surface area contributed by atoms with E-state index >= 15 is 0 Å². The number of hydrogen-bond acceptors (Lipinski definition) is 4. The Kier molecular flexibility index (Phi) is 6.24. The maximum absolute atomic E-state index is 11.8. The van der Waals surface area contributed by atoms with Crippen molar-refractivity contribution in [1.82, 2.24) is 15.2 Å². The molecule has 19 heavy (non-hydrogen) atoms. The fraction of sp³-hybridized carbons (Fsp3) is 0.538. The van der Waals surface area contributed by atoms with Crippen LogP contribution in [0.2, 0.25) is 0 Å². The van der Waals surface area contributed by atoms with Crippen LogP contribution < -0.4 is 10.9 Å². The molecule has 2 N–H and O–H groups in total. The fourth-order valence-corrected chi connectivity index (χ4v) is 1.68. The van der Waals surface area contributed by atoms with E-state index in [1.807, 2.05) is 32.0 Å². The Morgan fingerprint density at radius 2 is 2.21 bits per heavy atom. The van der Waals surface area contributed by atoms with Gasteiger partial charge in [0.15, 0.2) is 0 Å². The smallest absolute Gasteiger partial charge is 0.253 e. The molecule has 0 fully saturated rings. The number of aryl methyl sites for hydroxylation is 1. The SMILES string of the molecule is Cc1cc(COCCN(C)C)c(CNC=O)c(=O)[nH]1. The fourth-order valence-electron chi connectivity index (χ4n) is 1.68. The van der Waals surface area contributed by atoms with Gasteiger partial charge in [-0.25, -0.2) is 0 Å². The van der Waals surface area contributed by atoms with Crippen molar-refractivity contribution in [3.05, 3.63) is 33.2 Å². The zero-order valence-electron chi connectivity index (χ0n) is 11.7. The van der Waals surface area contributed by atoms with E-state index in [2.05, 4.69) is 10.3 Å². The van der Waals surface area contributed by atoms with Crippen LogP contribution in [0, 0.1) is 6.92 Å². The van der Waals surface area contributed by atoms with Crippen LogP contribution in [0.25, 0.3) is 0 Å². The maximum atomic E-state index is 11.8. The number of nitrogens with zero attached hydrogens (tertiary/aromatic N) is 1. The van der Waals surface area contributed by atoms with E-state index in [0.29, 0.717) is 25.2 Å². The number of likely N-dealkylation sites (N-methyl/N-ethyl adjacent to an activating group) is 1. The monoisotopic (exact) mass is 267 g/mol. The van der Waals surface area contributed by atoms with Crippen LogP contribution in [0.1, 0.15) is 16.8 Å². The average molecular weight is 267 g/mol. The Balaban J connectivity index is 2.73. The molecule has 1 heterocycles. The first-order valence-corrected chi connectivity index (χ1v) is 6.15. The summed E-state index contributed by atoms with van der Waals surface area (Å²) in [4.78, 5) is 26.9. The summed E-state index contributed by atoms with van der Waals surface area (Å²) in [6.07, 6.45) is 0.579. The van der Waals surface area contributed by atoms with E-state index in [1.54, 1.807) is 0 Å². The predicted octanol–water partition coefficient (Wildman–Crippen LogP) is 0.00752. The topological polar surface area (TPSA) is 74.4 Å². The van der Waals surface area contributed by atoms with Gasteiger partial charge in [0.2, 0.25) is 6.41 Å². The number of aromatic amines is 1. The summed E-state index contributed by atoms with van der Waals surface area (Å²) in [6, 6.07) is 1.87. The number of aromatic nitrogens is 1. The summed E-state index contributed by atoms with van der Waals surface area (Å²) in [5.41, 5.74) is 1.96. The predicted molar refractivity (Wildman–Crippen MR) is 72.9 cm³/mol. The molecule has 0 saturated heterocycles. The highest BCUT2D eigenvalue weighted by Gasteiger charge is 2.08. The minimum Gasteiger partial charge on any atom is -0.375 e. The second-order valence-electron chi connectivity index (χ2n) is 4.64. The third-order valence-corrected chi connectivity index (χ3v) is 2.67. The molecule has 0 atom stereocenters. The number of hydrogen-bond donors (Lipinski definition) is 2. The summed E-state index contributed by atoms with van der Waals surface area (Å²) < 4.78 is 5.55. The number of nitrogens with one attached hydrogen (secondary N) is 2. The van der Waals surface area contributed by atoms with Crippen LogP contribution in [-0.4, -0.2) is 43.5 Å². The third kappa shape index (κ3) is 5.23. The van der Waals surface area contributed by atoms with Gasteiger partial charge in [0.25, 0.3) is 5.56 Å². The molecule has 106 valence electrons. The van der Waals surface area contributed by atoms with Gasteiger partial charge in [-0.2, -0.15) is 0 Å². The molecule has 1 amide bonds. The van der Waals surface area contributed by atoms with Crippen molar-refractivity contribution in [2.75, 3.05) is 27.2 Å². The van der Waals surface area contributed by atoms with Gasteiger partial charge in [0, 0.05) is 24.3 Å². The van der Waals surface area contributed by atoms with Crippen molar-refractivity contribution in [2.24, 2.45) is 0 Å². The molecule has 0 aliphatic heterocycles. The molecule has 1 aromatic rings. The van der Waals surface area contributed by atoms with Crippen molar-refractivity contribution < 1.29 is 9.53 Å². The lowest BCUT2D eigenvalue weighted by atomic mass is 10.1. The van der Waals surface area contributed by atoms with Gasteiger partial charge < -0.3 is 19.9 Å². The van der Waals surface area contributed by atoms with Crippen molar-refractivity contribution in [3.63, 3.8) is 0 Å². The van der Waals surface area contributed by atoms with Crippen molar-refractivity contribution in [2.45, 2.75) is 20.1 Å². The highest BCUT2D eigenvalue weighted by atomic mass is 16.5. The molecule has 0 saturated carbocycles. The third-order valence-electron chi connectivity index (χ3n) is 2.67. The molecule has 6 heteroatoms. The molecule has 1 rings (SSSR count). The van der Waals surface area contributed by atoms with E-state index in [4.69, 9.17) is 4.74 Å². The number of amides is 1. The summed E-state index contributed by atoms with van der Waals surface area (Å²) in [5.74, 6) is 0. The summed E-state index contributed by atoms with van der Waals surface area (Å²) in [7, 11) is 3.94. The number of carbonyl (C=O) groups is 1. The molecule has 6 nitrogen and oxygen atoms in total. The van der Waals surface area contributed by atoms with Gasteiger partial charge in [-0.1, -0.05) is 0 Å². The van der Waals surface area contributed by atoms with E-state index in [1.165, 1.54) is 0 Å². The molecule has 1 aromatic heterocycles. The Bertz CT molecular complexity index is 469. The largest absolute Gasteiger partial charge is 0.375 e. The van der Waals surface area contributed by atoms with Crippen LogP contribution in [0.5, 0.6) is 0 Å². The van der Waals surface area contributed by atoms with Gasteiger partial charge in [-0.15, -0.1) is 0 Å². The van der Waals surface area contributed by atoms with Gasteiger partial charge in [0.1, 0.15) is 0 Å². The Morgan fingerprint density at radius 1 is 1.47 bits per heavy atom. The second-order valence-corrected chi connectivity index (χ2v) is 4.64. The Hall–Kier alpha value is -1.66. The van der Waals surface area contributed by atoms with Gasteiger partial charge in [-0.05, 0) is 32.6 Å². The molecular formula is C13H21N3O3. The minimum atomic E-state index is -0.180. The van der Waals surface area contributed by atoms with Crippen molar-refractivity contribution >= 4 is 6.41 Å². The van der Waals surface area contributed by atoms with Gasteiger partial charge in [0.05, 0.1) is 13.2 Å². The molecular weight excluding hydrogens is 246 g/mol. The Morgan fingerprint density at radius 3 is 2.84 bits per heavy atom. The number of rotatable bonds is 8. The number of carbonyl (C=O) groups excluding carboxylic acids is 1. The van der Waals surface area contributed by atoms with Crippen LogP contribution >= 0.6 is 0 Å². The van der Waals surface area contributed by atoms with Gasteiger partial charge in [-0.3, -0.25) is 9.59 Å². The van der Waals surface area contributed by atoms with E-state index < -0.39 is 0 Å². The lowest BCUT2D eigenvalue weighted by Gasteiger charge is -2.12. The normalized spacial score (nSPS) is 10.7. The van der Waals surface area contributed by atoms with Crippen LogP contribution in [0.3, 0.4) is 0 Å². The molecule has 0 unspecified atom stereocenters. The van der Waals surface area contributed by atoms with Gasteiger partial charge >= 0.3 is 0 Å². The first kappa shape index (κ1) is 15.4. The number of ether oxygens (including phenoxy) is 1. The first-order chi connectivity index (χ1) is 9.04. The number of H-pyrrole nitrogens is 1. The number of pyridine rings is 1. The zero-order valence-corrected chi connectivity index (χ0v) is 11.7. The zero-order chi connectivity index (χ0) is 14.3. The first-order valence-electron chi connectivity index (χ1n) is 6.15. The standard InChI is InChI=1S/C13H21N3O3/c1-10-6-11(8-19-5-4-16(2)3)12(7-14-9-17)13(18)15-10/h6,9H,4-5,7-8H2,1-3H3,(H,14,17)(H,15,18).